The van der Waals surface area contributed by atoms with E-state index in [4.69, 9.17) is 13.8 Å². The van der Waals surface area contributed by atoms with E-state index in [1.165, 1.54) is 37.7 Å². The first-order chi connectivity index (χ1) is 21.0. The van der Waals surface area contributed by atoms with Gasteiger partial charge in [0.05, 0.1) is 34.2 Å². The molecule has 8 heteroatoms. The summed E-state index contributed by atoms with van der Waals surface area (Å²) in [4.78, 5) is 22.6. The molecule has 0 spiro atoms. The first kappa shape index (κ1) is 36.8. The van der Waals surface area contributed by atoms with Crippen LogP contribution in [0.2, 0.25) is 0 Å². The topological polar surface area (TPSA) is 82.1 Å². The number of fused-ring (bicyclic) bond motifs is 5. The van der Waals surface area contributed by atoms with Crippen LogP contribution < -0.4 is 0 Å². The number of allylic oxidation sites excluding steroid dienone is 3. The molecule has 3 fully saturated rings. The van der Waals surface area contributed by atoms with E-state index < -0.39 is 7.82 Å². The third-order valence-electron chi connectivity index (χ3n) is 12.6. The number of likely N-dealkylation sites (N-methyl/N-ethyl adjacent to an activating group) is 1. The predicted octanol–water partition coefficient (Wildman–Crippen LogP) is 8.58. The van der Waals surface area contributed by atoms with Gasteiger partial charge in [-0.2, -0.15) is 0 Å². The molecule has 4 aliphatic rings. The molecule has 0 saturated heterocycles. The van der Waals surface area contributed by atoms with Gasteiger partial charge in [0.2, 0.25) is 0 Å². The van der Waals surface area contributed by atoms with E-state index >= 15 is 0 Å². The van der Waals surface area contributed by atoms with Gasteiger partial charge in [-0.25, -0.2) is 4.57 Å². The monoisotopic (exact) mass is 650 g/mol. The lowest BCUT2D eigenvalue weighted by Gasteiger charge is -2.58. The van der Waals surface area contributed by atoms with E-state index in [1.807, 2.05) is 21.1 Å². The lowest BCUT2D eigenvalue weighted by atomic mass is 9.47. The van der Waals surface area contributed by atoms with E-state index in [-0.39, 0.29) is 37.1 Å². The maximum Gasteiger partial charge on any atom is 0.472 e. The third-order valence-corrected chi connectivity index (χ3v) is 13.6. The van der Waals surface area contributed by atoms with Gasteiger partial charge in [0.15, 0.2) is 0 Å². The fourth-order valence-corrected chi connectivity index (χ4v) is 10.6. The number of quaternary nitrogens is 1. The van der Waals surface area contributed by atoms with Crippen LogP contribution in [0.1, 0.15) is 106 Å². The molecule has 258 valence electrons. The number of rotatable bonds is 14. The van der Waals surface area contributed by atoms with Crippen LogP contribution in [0.3, 0.4) is 0 Å². The lowest BCUT2D eigenvalue weighted by Crippen LogP contribution is -2.51. The van der Waals surface area contributed by atoms with Crippen LogP contribution in [0.15, 0.2) is 23.8 Å². The average molecular weight is 651 g/mol. The van der Waals surface area contributed by atoms with Gasteiger partial charge in [-0.15, -0.1) is 0 Å². The number of esters is 1. The number of hydrogen-bond donors (Lipinski definition) is 1. The predicted molar refractivity (Wildman–Crippen MR) is 181 cm³/mol. The van der Waals surface area contributed by atoms with Gasteiger partial charge < -0.3 is 14.1 Å². The molecule has 0 radical (unpaired) electrons. The van der Waals surface area contributed by atoms with Crippen LogP contribution in [-0.2, 0) is 23.1 Å². The summed E-state index contributed by atoms with van der Waals surface area (Å²) in [5.74, 6) is 4.68. The number of hydrogen-bond acceptors (Lipinski definition) is 5. The van der Waals surface area contributed by atoms with Gasteiger partial charge in [-0.05, 0) is 104 Å². The molecule has 10 atom stereocenters. The Kier molecular flexibility index (Phi) is 12.0. The summed E-state index contributed by atoms with van der Waals surface area (Å²) in [5, 5.41) is 0. The molecule has 0 heterocycles. The summed E-state index contributed by atoms with van der Waals surface area (Å²) in [7, 11) is 1.74. The molecule has 0 bridgehead atoms. The molecule has 0 aromatic rings. The summed E-state index contributed by atoms with van der Waals surface area (Å²) in [6.07, 6.45) is 17.9. The van der Waals surface area contributed by atoms with Gasteiger partial charge in [0.25, 0.3) is 0 Å². The van der Waals surface area contributed by atoms with Crippen molar-refractivity contribution in [2.75, 3.05) is 40.9 Å². The summed E-state index contributed by atoms with van der Waals surface area (Å²) in [6.45, 7) is 15.1. The maximum absolute atomic E-state index is 12.6. The van der Waals surface area contributed by atoms with Gasteiger partial charge in [-0.1, -0.05) is 65.3 Å². The fourth-order valence-electron chi connectivity index (χ4n) is 9.87. The fraction of sp³-hybridized carbons (Fsp3) is 0.865. The molecule has 1 N–H and O–H groups in total. The van der Waals surface area contributed by atoms with Crippen molar-refractivity contribution in [3.63, 3.8) is 0 Å². The zero-order valence-corrected chi connectivity index (χ0v) is 30.8. The highest BCUT2D eigenvalue weighted by atomic mass is 31.2. The molecule has 4 aliphatic carbocycles. The highest BCUT2D eigenvalue weighted by molar-refractivity contribution is 7.47. The SMILES string of the molecule is CC[C@H](/C=C/[C@@H](C)[C@H]1CC[C@H]2[C@@H]3CC=C4CC(OC(=O)CCOP(=O)(O)OCC[N+](C)(C)C)CC[C@]4(C)[C@H]3CC[C@]12C)C(C)C. The molecule has 0 aromatic carbocycles. The highest BCUT2D eigenvalue weighted by Crippen LogP contribution is 2.67. The van der Waals surface area contributed by atoms with Crippen molar-refractivity contribution < 1.29 is 32.5 Å². The second-order valence-corrected chi connectivity index (χ2v) is 18.3. The van der Waals surface area contributed by atoms with Crippen LogP contribution in [0.4, 0.5) is 0 Å². The van der Waals surface area contributed by atoms with Crippen molar-refractivity contribution in [2.24, 2.45) is 52.3 Å². The Balaban J connectivity index is 1.30. The molecule has 2 unspecified atom stereocenters. The Morgan fingerprint density at radius 1 is 1.04 bits per heavy atom. The summed E-state index contributed by atoms with van der Waals surface area (Å²) >= 11 is 0. The Labute approximate surface area is 274 Å². The smallest absolute Gasteiger partial charge is 0.462 e. The minimum atomic E-state index is -4.19. The van der Waals surface area contributed by atoms with Crippen LogP contribution >= 0.6 is 7.82 Å². The molecule has 4 rings (SSSR count). The molecular formula is C37H65NO6P+. The minimum absolute atomic E-state index is 0.0631. The van der Waals surface area contributed by atoms with Crippen LogP contribution in [0.25, 0.3) is 0 Å². The van der Waals surface area contributed by atoms with Crippen LogP contribution in [0.5, 0.6) is 0 Å². The van der Waals surface area contributed by atoms with E-state index in [1.54, 1.807) is 0 Å². The van der Waals surface area contributed by atoms with E-state index in [2.05, 4.69) is 59.8 Å². The zero-order chi connectivity index (χ0) is 33.2. The first-order valence-corrected chi connectivity index (χ1v) is 19.5. The summed E-state index contributed by atoms with van der Waals surface area (Å²) in [5.41, 5.74) is 2.11. The summed E-state index contributed by atoms with van der Waals surface area (Å²) < 4.78 is 28.7. The second kappa shape index (κ2) is 14.6. The van der Waals surface area contributed by atoms with Crippen LogP contribution in [-0.4, -0.2) is 62.4 Å². The minimum Gasteiger partial charge on any atom is -0.462 e. The normalized spacial score (nSPS) is 36.1. The average Bonchev–Trinajstić information content (AvgIpc) is 3.29. The quantitative estimate of drug-likeness (QED) is 0.0878. The Bertz CT molecular complexity index is 1130. The number of phosphoric acid groups is 1. The van der Waals surface area contributed by atoms with Crippen molar-refractivity contribution in [3.05, 3.63) is 23.8 Å². The molecule has 45 heavy (non-hydrogen) atoms. The zero-order valence-electron chi connectivity index (χ0n) is 29.9. The van der Waals surface area contributed by atoms with Gasteiger partial charge in [-0.3, -0.25) is 13.8 Å². The Morgan fingerprint density at radius 2 is 1.76 bits per heavy atom. The number of nitrogens with zero attached hydrogens (tertiary/aromatic N) is 1. The Hall–Kier alpha value is -0.980. The van der Waals surface area contributed by atoms with Gasteiger partial charge in [0.1, 0.15) is 19.3 Å². The molecule has 3 saturated carbocycles. The molecule has 7 nitrogen and oxygen atoms in total. The second-order valence-electron chi connectivity index (χ2n) is 16.8. The van der Waals surface area contributed by atoms with Crippen LogP contribution in [0, 0.1) is 52.3 Å². The lowest BCUT2D eigenvalue weighted by molar-refractivity contribution is -0.870. The number of carbonyl (C=O) groups excluding carboxylic acids is 1. The van der Waals surface area contributed by atoms with Crippen molar-refractivity contribution in [2.45, 2.75) is 112 Å². The van der Waals surface area contributed by atoms with Crippen molar-refractivity contribution >= 4 is 13.8 Å². The summed E-state index contributed by atoms with van der Waals surface area (Å²) in [6, 6.07) is 0. The highest BCUT2D eigenvalue weighted by Gasteiger charge is 2.59. The standard InChI is InChI=1S/C37H64NO6P/c1-10-28(26(2)3)12-11-27(4)32-15-16-33-31-14-13-29-25-30(17-20-36(29,5)34(31)18-21-37(32,33)6)44-35(39)19-23-42-45(40,41)43-24-22-38(7,8)9/h11-13,26-28,30-34H,10,14-25H2,1-9H3/p+1/b12-11+/t27-,28-,30?,31+,32-,33+,34+,36+,37-/m1/s1. The van der Waals surface area contributed by atoms with Gasteiger partial charge in [0, 0.05) is 6.42 Å². The molecule has 0 aliphatic heterocycles. The third kappa shape index (κ3) is 8.74. The van der Waals surface area contributed by atoms with E-state index in [9.17, 15) is 14.3 Å². The molecule has 0 amide bonds. The van der Waals surface area contributed by atoms with E-state index in [0.717, 1.165) is 43.4 Å². The number of ether oxygens (including phenoxy) is 1. The van der Waals surface area contributed by atoms with Gasteiger partial charge >= 0.3 is 13.8 Å². The number of carbonyl (C=O) groups is 1. The van der Waals surface area contributed by atoms with Crippen molar-refractivity contribution in [1.29, 1.82) is 0 Å². The Morgan fingerprint density at radius 3 is 2.42 bits per heavy atom. The first-order valence-electron chi connectivity index (χ1n) is 18.0. The molecule has 0 aromatic heterocycles. The van der Waals surface area contributed by atoms with Crippen molar-refractivity contribution in [3.8, 4) is 0 Å². The molecular weight excluding hydrogens is 585 g/mol. The maximum atomic E-state index is 12.6. The van der Waals surface area contributed by atoms with E-state index in [0.29, 0.717) is 40.1 Å². The van der Waals surface area contributed by atoms with Crippen molar-refractivity contribution in [1.82, 2.24) is 0 Å². The largest absolute Gasteiger partial charge is 0.472 e. The number of phosphoric ester groups is 1.